The SMILES string of the molecule is COCCN(C)C1=Nc2ccccc2Oc2ccc(NC(=O)c3ccccc3F)cc21. The third kappa shape index (κ3) is 4.41. The number of benzene rings is 3. The number of amides is 1. The number of methoxy groups -OCH3 is 1. The number of rotatable bonds is 5. The van der Waals surface area contributed by atoms with E-state index in [4.69, 9.17) is 14.5 Å². The maximum absolute atomic E-state index is 14.0. The number of halogens is 1. The van der Waals surface area contributed by atoms with Gasteiger partial charge in [0.15, 0.2) is 5.75 Å². The van der Waals surface area contributed by atoms with Crippen molar-refractivity contribution in [1.29, 1.82) is 0 Å². The van der Waals surface area contributed by atoms with Crippen molar-refractivity contribution in [3.63, 3.8) is 0 Å². The minimum atomic E-state index is -0.574. The van der Waals surface area contributed by atoms with E-state index in [0.717, 1.165) is 0 Å². The smallest absolute Gasteiger partial charge is 0.258 e. The molecule has 0 saturated heterocycles. The van der Waals surface area contributed by atoms with Crippen LogP contribution in [0.2, 0.25) is 0 Å². The second-order valence-corrected chi connectivity index (χ2v) is 7.06. The van der Waals surface area contributed by atoms with Gasteiger partial charge in [-0.05, 0) is 42.5 Å². The molecule has 0 aliphatic carbocycles. The van der Waals surface area contributed by atoms with Gasteiger partial charge in [-0.1, -0.05) is 24.3 Å². The molecule has 7 heteroatoms. The second kappa shape index (κ2) is 8.97. The van der Waals surface area contributed by atoms with Crippen LogP contribution in [0.4, 0.5) is 15.8 Å². The van der Waals surface area contributed by atoms with Gasteiger partial charge < -0.3 is 19.7 Å². The van der Waals surface area contributed by atoms with Gasteiger partial charge in [-0.15, -0.1) is 0 Å². The van der Waals surface area contributed by atoms with Crippen molar-refractivity contribution in [3.05, 3.63) is 83.7 Å². The summed E-state index contributed by atoms with van der Waals surface area (Å²) in [6.07, 6.45) is 0. The zero-order valence-corrected chi connectivity index (χ0v) is 17.3. The minimum Gasteiger partial charge on any atom is -0.454 e. The Balaban J connectivity index is 1.71. The lowest BCUT2D eigenvalue weighted by Crippen LogP contribution is -2.30. The van der Waals surface area contributed by atoms with Crippen LogP contribution in [0.5, 0.6) is 11.5 Å². The van der Waals surface area contributed by atoms with Crippen molar-refractivity contribution < 1.29 is 18.7 Å². The Morgan fingerprint density at radius 2 is 1.87 bits per heavy atom. The number of amidine groups is 1. The van der Waals surface area contributed by atoms with Gasteiger partial charge >= 0.3 is 0 Å². The van der Waals surface area contributed by atoms with Crippen LogP contribution in [0.1, 0.15) is 15.9 Å². The van der Waals surface area contributed by atoms with Crippen LogP contribution in [-0.4, -0.2) is 44.0 Å². The van der Waals surface area contributed by atoms with E-state index < -0.39 is 11.7 Å². The molecular weight excluding hydrogens is 397 g/mol. The predicted molar refractivity (Wildman–Crippen MR) is 118 cm³/mol. The Morgan fingerprint density at radius 3 is 2.68 bits per heavy atom. The largest absolute Gasteiger partial charge is 0.454 e. The van der Waals surface area contributed by atoms with E-state index in [-0.39, 0.29) is 5.56 Å². The van der Waals surface area contributed by atoms with Gasteiger partial charge in [0.25, 0.3) is 5.91 Å². The highest BCUT2D eigenvalue weighted by Gasteiger charge is 2.22. The average Bonchev–Trinajstić information content (AvgIpc) is 2.94. The summed E-state index contributed by atoms with van der Waals surface area (Å²) in [6.45, 7) is 1.14. The van der Waals surface area contributed by atoms with Crippen molar-refractivity contribution in [1.82, 2.24) is 4.90 Å². The number of hydrogen-bond donors (Lipinski definition) is 1. The molecule has 158 valence electrons. The number of hydrogen-bond acceptors (Lipinski definition) is 5. The molecule has 4 rings (SSSR count). The molecule has 0 atom stereocenters. The Kier molecular flexibility index (Phi) is 5.95. The van der Waals surface area contributed by atoms with E-state index in [1.54, 1.807) is 37.4 Å². The van der Waals surface area contributed by atoms with Crippen molar-refractivity contribution >= 4 is 23.1 Å². The van der Waals surface area contributed by atoms with E-state index in [9.17, 15) is 9.18 Å². The Hall–Kier alpha value is -3.71. The molecule has 0 saturated carbocycles. The molecule has 1 aliphatic heterocycles. The number of nitrogens with zero attached hydrogens (tertiary/aromatic N) is 2. The van der Waals surface area contributed by atoms with Crippen LogP contribution in [0, 0.1) is 5.82 Å². The number of para-hydroxylation sites is 2. The zero-order valence-electron chi connectivity index (χ0n) is 17.3. The monoisotopic (exact) mass is 419 g/mol. The number of ether oxygens (including phenoxy) is 2. The number of fused-ring (bicyclic) bond motifs is 2. The van der Waals surface area contributed by atoms with E-state index in [1.165, 1.54) is 12.1 Å². The van der Waals surface area contributed by atoms with Gasteiger partial charge in [-0.25, -0.2) is 9.38 Å². The average molecular weight is 419 g/mol. The summed E-state index contributed by atoms with van der Waals surface area (Å²) in [5.74, 6) is 0.829. The summed E-state index contributed by atoms with van der Waals surface area (Å²) in [7, 11) is 3.56. The van der Waals surface area contributed by atoms with Crippen molar-refractivity contribution in [2.24, 2.45) is 4.99 Å². The molecule has 3 aromatic carbocycles. The quantitative estimate of drug-likeness (QED) is 0.643. The topological polar surface area (TPSA) is 63.2 Å². The summed E-state index contributed by atoms with van der Waals surface area (Å²) in [6, 6.07) is 18.7. The second-order valence-electron chi connectivity index (χ2n) is 7.06. The van der Waals surface area contributed by atoms with E-state index >= 15 is 0 Å². The van der Waals surface area contributed by atoms with E-state index in [0.29, 0.717) is 47.4 Å². The van der Waals surface area contributed by atoms with Crippen LogP contribution in [0.25, 0.3) is 0 Å². The normalized spacial score (nSPS) is 12.0. The molecule has 1 N–H and O–H groups in total. The molecule has 0 bridgehead atoms. The molecule has 1 aliphatic rings. The summed E-state index contributed by atoms with van der Waals surface area (Å²) >= 11 is 0. The van der Waals surface area contributed by atoms with Crippen molar-refractivity contribution in [2.45, 2.75) is 0 Å². The highest BCUT2D eigenvalue weighted by molar-refractivity contribution is 6.07. The molecule has 3 aromatic rings. The molecular formula is C24H22FN3O3. The number of likely N-dealkylation sites (N-methyl/N-ethyl adjacent to an activating group) is 1. The van der Waals surface area contributed by atoms with Gasteiger partial charge in [0.05, 0.1) is 17.7 Å². The number of carbonyl (C=O) groups is 1. The lowest BCUT2D eigenvalue weighted by molar-refractivity contribution is 0.102. The lowest BCUT2D eigenvalue weighted by atomic mass is 10.1. The molecule has 1 amide bonds. The van der Waals surface area contributed by atoms with Gasteiger partial charge in [-0.2, -0.15) is 0 Å². The molecule has 0 spiro atoms. The van der Waals surface area contributed by atoms with Gasteiger partial charge in [0.1, 0.15) is 23.1 Å². The maximum atomic E-state index is 14.0. The Labute approximate surface area is 179 Å². The molecule has 31 heavy (non-hydrogen) atoms. The van der Waals surface area contributed by atoms with E-state index in [2.05, 4.69) is 5.32 Å². The number of nitrogens with one attached hydrogen (secondary N) is 1. The summed E-state index contributed by atoms with van der Waals surface area (Å²) in [4.78, 5) is 19.4. The zero-order chi connectivity index (χ0) is 21.8. The van der Waals surface area contributed by atoms with Crippen LogP contribution in [0.3, 0.4) is 0 Å². The number of aliphatic imine (C=N–C) groups is 1. The first-order chi connectivity index (χ1) is 15.1. The molecule has 1 heterocycles. The number of carbonyl (C=O) groups excluding carboxylic acids is 1. The molecule has 0 fully saturated rings. The summed E-state index contributed by atoms with van der Waals surface area (Å²) in [5, 5.41) is 2.76. The maximum Gasteiger partial charge on any atom is 0.258 e. The van der Waals surface area contributed by atoms with Crippen LogP contribution in [-0.2, 0) is 4.74 Å². The Morgan fingerprint density at radius 1 is 1.10 bits per heavy atom. The van der Waals surface area contributed by atoms with Gasteiger partial charge in [-0.3, -0.25) is 4.79 Å². The van der Waals surface area contributed by atoms with Gasteiger partial charge in [0.2, 0.25) is 0 Å². The number of anilines is 1. The fraction of sp³-hybridized carbons (Fsp3) is 0.167. The fourth-order valence-corrected chi connectivity index (χ4v) is 3.27. The molecule has 0 radical (unpaired) electrons. The first kappa shape index (κ1) is 20.6. The lowest BCUT2D eigenvalue weighted by Gasteiger charge is -2.22. The third-order valence-corrected chi connectivity index (χ3v) is 4.90. The third-order valence-electron chi connectivity index (χ3n) is 4.90. The molecule has 0 aromatic heterocycles. The van der Waals surface area contributed by atoms with Crippen LogP contribution >= 0.6 is 0 Å². The first-order valence-corrected chi connectivity index (χ1v) is 9.83. The Bertz CT molecular complexity index is 1150. The first-order valence-electron chi connectivity index (χ1n) is 9.83. The summed E-state index contributed by atoms with van der Waals surface area (Å²) in [5.41, 5.74) is 1.90. The van der Waals surface area contributed by atoms with Crippen LogP contribution < -0.4 is 10.1 Å². The fourth-order valence-electron chi connectivity index (χ4n) is 3.27. The summed E-state index contributed by atoms with van der Waals surface area (Å²) < 4.78 is 25.3. The standard InChI is InChI=1S/C24H22FN3O3/c1-28(13-14-30-2)23-18-15-16(26-24(29)17-7-3-4-8-19(17)25)11-12-21(18)31-22-10-6-5-9-20(22)27-23/h3-12,15H,13-14H2,1-2H3,(H,26,29). The van der Waals surface area contributed by atoms with Crippen LogP contribution in [0.15, 0.2) is 71.7 Å². The molecule has 0 unspecified atom stereocenters. The minimum absolute atomic E-state index is 0.0211. The van der Waals surface area contributed by atoms with Crippen molar-refractivity contribution in [2.75, 3.05) is 32.6 Å². The highest BCUT2D eigenvalue weighted by Crippen LogP contribution is 2.38. The molecule has 6 nitrogen and oxygen atoms in total. The van der Waals surface area contributed by atoms with Crippen molar-refractivity contribution in [3.8, 4) is 11.5 Å². The van der Waals surface area contributed by atoms with E-state index in [1.807, 2.05) is 36.2 Å². The highest BCUT2D eigenvalue weighted by atomic mass is 19.1. The predicted octanol–water partition coefficient (Wildman–Crippen LogP) is 4.84. The van der Waals surface area contributed by atoms with Gasteiger partial charge in [0, 0.05) is 26.4 Å².